The van der Waals surface area contributed by atoms with Crippen LogP contribution >= 0.6 is 15.9 Å². The van der Waals surface area contributed by atoms with E-state index in [2.05, 4.69) is 20.9 Å². The highest BCUT2D eigenvalue weighted by Gasteiger charge is 2.74. The third-order valence-corrected chi connectivity index (χ3v) is 4.97. The second kappa shape index (κ2) is 6.23. The van der Waals surface area contributed by atoms with Crippen molar-refractivity contribution in [2.24, 2.45) is 4.99 Å². The lowest BCUT2D eigenvalue weighted by Crippen LogP contribution is -2.74. The van der Waals surface area contributed by atoms with Crippen molar-refractivity contribution < 1.29 is 23.9 Å². The first-order valence-electron chi connectivity index (χ1n) is 6.97. The van der Waals surface area contributed by atoms with E-state index in [1.165, 1.54) is 14.0 Å². The quantitative estimate of drug-likeness (QED) is 0.440. The molecule has 2 rings (SSSR count). The fourth-order valence-electron chi connectivity index (χ4n) is 2.57. The molecule has 0 bridgehead atoms. The zero-order valence-corrected chi connectivity index (χ0v) is 14.5. The monoisotopic (exact) mass is 381 g/mol. The second-order valence-electron chi connectivity index (χ2n) is 4.96. The highest BCUT2D eigenvalue weighted by Crippen LogP contribution is 2.49. The molecule has 0 fully saturated rings. The van der Waals surface area contributed by atoms with Crippen molar-refractivity contribution in [1.82, 2.24) is 0 Å². The molecule has 6 nitrogen and oxygen atoms in total. The summed E-state index contributed by atoms with van der Waals surface area (Å²) in [5.41, 5.74) is -1.12. The molecule has 0 radical (unpaired) electrons. The average Bonchev–Trinajstić information content (AvgIpc) is 2.53. The van der Waals surface area contributed by atoms with E-state index < -0.39 is 27.6 Å². The van der Waals surface area contributed by atoms with E-state index in [0.29, 0.717) is 5.56 Å². The van der Waals surface area contributed by atoms with Crippen LogP contribution < -0.4 is 0 Å². The second-order valence-corrected chi connectivity index (χ2v) is 6.15. The van der Waals surface area contributed by atoms with Crippen LogP contribution in [-0.2, 0) is 23.9 Å². The topological polar surface area (TPSA) is 82.0 Å². The van der Waals surface area contributed by atoms with Crippen molar-refractivity contribution in [3.8, 4) is 0 Å². The molecule has 0 aromatic heterocycles. The fraction of sp³-hybridized carbons (Fsp3) is 0.375. The zero-order chi connectivity index (χ0) is 17.3. The number of alkyl halides is 1. The van der Waals surface area contributed by atoms with E-state index in [1.807, 2.05) is 0 Å². The summed E-state index contributed by atoms with van der Waals surface area (Å²) in [6.45, 7) is 2.87. The Bertz CT molecular complexity index is 687. The predicted octanol–water partition coefficient (Wildman–Crippen LogP) is 1.69. The van der Waals surface area contributed by atoms with Gasteiger partial charge in [0, 0.05) is 0 Å². The number of hydrogen-bond acceptors (Lipinski definition) is 6. The third kappa shape index (κ3) is 2.30. The van der Waals surface area contributed by atoms with Gasteiger partial charge in [-0.3, -0.25) is 9.79 Å². The molecular weight excluding hydrogens is 366 g/mol. The van der Waals surface area contributed by atoms with Crippen molar-refractivity contribution >= 4 is 39.4 Å². The minimum absolute atomic E-state index is 0.0638. The van der Waals surface area contributed by atoms with Gasteiger partial charge in [-0.15, -0.1) is 0 Å². The number of halogens is 1. The molecule has 1 aromatic carbocycles. The van der Waals surface area contributed by atoms with Gasteiger partial charge >= 0.3 is 11.9 Å². The number of benzene rings is 1. The lowest BCUT2D eigenvalue weighted by molar-refractivity contribution is -0.160. The van der Waals surface area contributed by atoms with Gasteiger partial charge in [-0.2, -0.15) is 0 Å². The summed E-state index contributed by atoms with van der Waals surface area (Å²) in [5, 5.41) is 0. The van der Waals surface area contributed by atoms with Crippen LogP contribution in [0.25, 0.3) is 0 Å². The van der Waals surface area contributed by atoms with Crippen LogP contribution in [0.15, 0.2) is 35.3 Å². The van der Waals surface area contributed by atoms with E-state index in [-0.39, 0.29) is 12.3 Å². The molecule has 2 unspecified atom stereocenters. The highest BCUT2D eigenvalue weighted by atomic mass is 79.9. The van der Waals surface area contributed by atoms with Crippen LogP contribution in [0, 0.1) is 0 Å². The molecule has 0 amide bonds. The van der Waals surface area contributed by atoms with Gasteiger partial charge in [-0.25, -0.2) is 9.59 Å². The number of esters is 2. The summed E-state index contributed by atoms with van der Waals surface area (Å²) >= 11 is 3.26. The largest absolute Gasteiger partial charge is 0.468 e. The Morgan fingerprint density at radius 1 is 1.17 bits per heavy atom. The first kappa shape index (κ1) is 17.3. The Morgan fingerprint density at radius 2 is 1.78 bits per heavy atom. The summed E-state index contributed by atoms with van der Waals surface area (Å²) < 4.78 is 8.08. The SMILES string of the molecule is CCOC(=O)C1(C(C)=O)N=C(c2ccccc2)C1(Br)C(=O)OC. The van der Waals surface area contributed by atoms with Crippen LogP contribution in [0.3, 0.4) is 0 Å². The number of ketones is 1. The van der Waals surface area contributed by atoms with Gasteiger partial charge in [-0.1, -0.05) is 46.3 Å². The van der Waals surface area contributed by atoms with Crippen molar-refractivity contribution in [2.75, 3.05) is 13.7 Å². The summed E-state index contributed by atoms with van der Waals surface area (Å²) in [4.78, 5) is 41.3. The van der Waals surface area contributed by atoms with Gasteiger partial charge in [0.2, 0.25) is 9.86 Å². The first-order chi connectivity index (χ1) is 10.9. The number of carbonyl (C=O) groups is 3. The molecular formula is C16H16BrNO5. The van der Waals surface area contributed by atoms with Gasteiger partial charge < -0.3 is 9.47 Å². The Balaban J connectivity index is 2.67. The molecule has 0 saturated heterocycles. The lowest BCUT2D eigenvalue weighted by atomic mass is 9.70. The molecule has 0 saturated carbocycles. The Kier molecular flexibility index (Phi) is 4.70. The summed E-state index contributed by atoms with van der Waals surface area (Å²) in [7, 11) is 1.18. The summed E-state index contributed by atoms with van der Waals surface area (Å²) in [5.74, 6) is -2.26. The number of methoxy groups -OCH3 is 1. The van der Waals surface area contributed by atoms with Crippen LogP contribution in [0.1, 0.15) is 19.4 Å². The van der Waals surface area contributed by atoms with Crippen LogP contribution in [-0.4, -0.2) is 47.0 Å². The molecule has 1 heterocycles. The minimum Gasteiger partial charge on any atom is -0.468 e. The smallest absolute Gasteiger partial charge is 0.344 e. The Hall–Kier alpha value is -2.02. The van der Waals surface area contributed by atoms with E-state index in [0.717, 1.165) is 0 Å². The Labute approximate surface area is 142 Å². The number of hydrogen-bond donors (Lipinski definition) is 0. The number of carbonyl (C=O) groups excluding carboxylic acids is 3. The summed E-state index contributed by atoms with van der Waals surface area (Å²) in [6, 6.07) is 8.79. The molecule has 0 spiro atoms. The fourth-order valence-corrected chi connectivity index (χ4v) is 3.58. The van der Waals surface area contributed by atoms with Crippen molar-refractivity contribution in [2.45, 2.75) is 23.7 Å². The van der Waals surface area contributed by atoms with Crippen LogP contribution in [0.5, 0.6) is 0 Å². The van der Waals surface area contributed by atoms with Crippen molar-refractivity contribution in [3.63, 3.8) is 0 Å². The van der Waals surface area contributed by atoms with Gasteiger partial charge in [0.25, 0.3) is 0 Å². The molecule has 122 valence electrons. The van der Waals surface area contributed by atoms with E-state index in [1.54, 1.807) is 37.3 Å². The van der Waals surface area contributed by atoms with Gasteiger partial charge in [0.05, 0.1) is 19.4 Å². The number of ether oxygens (including phenoxy) is 2. The number of Topliss-reactive ketones (excluding diaryl/α,β-unsaturated/α-hetero) is 1. The normalized spacial score (nSPS) is 25.8. The molecule has 1 aliphatic heterocycles. The summed E-state index contributed by atoms with van der Waals surface area (Å²) in [6.07, 6.45) is 0. The number of rotatable bonds is 5. The average molecular weight is 382 g/mol. The van der Waals surface area contributed by atoms with Gasteiger partial charge in [0.15, 0.2) is 5.78 Å². The molecule has 1 aromatic rings. The molecule has 1 aliphatic rings. The van der Waals surface area contributed by atoms with Crippen molar-refractivity contribution in [3.05, 3.63) is 35.9 Å². The van der Waals surface area contributed by atoms with E-state index in [4.69, 9.17) is 9.47 Å². The Morgan fingerprint density at radius 3 is 2.26 bits per heavy atom. The number of nitrogens with zero attached hydrogens (tertiary/aromatic N) is 1. The number of aliphatic imine (C=N–C) groups is 1. The molecule has 23 heavy (non-hydrogen) atoms. The van der Waals surface area contributed by atoms with Gasteiger partial charge in [0.1, 0.15) is 0 Å². The van der Waals surface area contributed by atoms with Crippen LogP contribution in [0.4, 0.5) is 0 Å². The third-order valence-electron chi connectivity index (χ3n) is 3.70. The zero-order valence-electron chi connectivity index (χ0n) is 13.0. The standard InChI is InChI=1S/C16H16BrNO5/c1-4-23-14(21)16(10(2)19)15(17,13(20)22-3)12(18-16)11-8-6-5-7-9-11/h5-9H,4H2,1-3H3. The molecule has 0 N–H and O–H groups in total. The van der Waals surface area contributed by atoms with Gasteiger partial charge in [-0.05, 0) is 19.4 Å². The van der Waals surface area contributed by atoms with E-state index in [9.17, 15) is 14.4 Å². The lowest BCUT2D eigenvalue weighted by Gasteiger charge is -2.46. The minimum atomic E-state index is -1.98. The maximum absolute atomic E-state index is 12.4. The maximum Gasteiger partial charge on any atom is 0.344 e. The first-order valence-corrected chi connectivity index (χ1v) is 7.76. The maximum atomic E-state index is 12.4. The van der Waals surface area contributed by atoms with Crippen LogP contribution in [0.2, 0.25) is 0 Å². The van der Waals surface area contributed by atoms with E-state index >= 15 is 0 Å². The molecule has 0 aliphatic carbocycles. The van der Waals surface area contributed by atoms with Crippen molar-refractivity contribution in [1.29, 1.82) is 0 Å². The highest BCUT2D eigenvalue weighted by molar-refractivity contribution is 9.10. The predicted molar refractivity (Wildman–Crippen MR) is 86.7 cm³/mol. The molecule has 2 atom stereocenters. The molecule has 7 heteroatoms.